The van der Waals surface area contributed by atoms with Gasteiger partial charge < -0.3 is 20.9 Å². The van der Waals surface area contributed by atoms with Gasteiger partial charge in [-0.2, -0.15) is 0 Å². The van der Waals surface area contributed by atoms with E-state index in [-0.39, 0.29) is 30.8 Å². The minimum Gasteiger partial charge on any atom is -0.352 e. The first-order chi connectivity index (χ1) is 11.5. The molecule has 24 heavy (non-hydrogen) atoms. The molecule has 1 atom stereocenters. The van der Waals surface area contributed by atoms with E-state index in [4.69, 9.17) is 5.73 Å². The van der Waals surface area contributed by atoms with Gasteiger partial charge in [0.15, 0.2) is 0 Å². The molecule has 0 spiro atoms. The second-order valence-electron chi connectivity index (χ2n) is 5.88. The van der Waals surface area contributed by atoms with Crippen LogP contribution in [-0.4, -0.2) is 53.3 Å². The number of benzene rings is 1. The first-order valence-corrected chi connectivity index (χ1v) is 8.15. The number of nitrogens with two attached hydrogens (primary N) is 1. The number of amides is 4. The number of nitrogens with zero attached hydrogens (tertiary/aromatic N) is 2. The highest BCUT2D eigenvalue weighted by atomic mass is 16.2. The molecule has 7 heteroatoms. The molecule has 3 N–H and O–H groups in total. The molecule has 0 aromatic heterocycles. The highest BCUT2D eigenvalue weighted by Gasteiger charge is 2.30. The van der Waals surface area contributed by atoms with E-state index < -0.39 is 6.03 Å². The van der Waals surface area contributed by atoms with Crippen molar-refractivity contribution in [1.29, 1.82) is 0 Å². The third kappa shape index (κ3) is 4.71. The molecular formula is C17H24N4O3. The fourth-order valence-electron chi connectivity index (χ4n) is 2.87. The van der Waals surface area contributed by atoms with Crippen LogP contribution in [0.25, 0.3) is 0 Å². The van der Waals surface area contributed by atoms with Crippen LogP contribution >= 0.6 is 0 Å². The van der Waals surface area contributed by atoms with E-state index in [0.717, 1.165) is 12.0 Å². The average molecular weight is 332 g/mol. The van der Waals surface area contributed by atoms with Gasteiger partial charge in [0.1, 0.15) is 0 Å². The van der Waals surface area contributed by atoms with Gasteiger partial charge in [-0.3, -0.25) is 9.59 Å². The summed E-state index contributed by atoms with van der Waals surface area (Å²) in [6.07, 6.45) is 1.04. The first kappa shape index (κ1) is 17.8. The zero-order valence-corrected chi connectivity index (χ0v) is 13.9. The summed E-state index contributed by atoms with van der Waals surface area (Å²) in [6, 6.07) is 9.05. The lowest BCUT2D eigenvalue weighted by molar-refractivity contribution is -0.133. The monoisotopic (exact) mass is 332 g/mol. The summed E-state index contributed by atoms with van der Waals surface area (Å²) in [6.45, 7) is 3.23. The highest BCUT2D eigenvalue weighted by Crippen LogP contribution is 2.17. The van der Waals surface area contributed by atoms with Crippen molar-refractivity contribution < 1.29 is 14.4 Å². The van der Waals surface area contributed by atoms with Crippen LogP contribution in [0.3, 0.4) is 0 Å². The summed E-state index contributed by atoms with van der Waals surface area (Å²) >= 11 is 0. The summed E-state index contributed by atoms with van der Waals surface area (Å²) in [5.74, 6) is -0.175. The molecule has 0 radical (unpaired) electrons. The molecule has 1 aromatic rings. The molecule has 1 heterocycles. The van der Waals surface area contributed by atoms with Gasteiger partial charge in [0.05, 0.1) is 6.54 Å². The van der Waals surface area contributed by atoms with E-state index >= 15 is 0 Å². The summed E-state index contributed by atoms with van der Waals surface area (Å²) in [5.41, 5.74) is 6.07. The van der Waals surface area contributed by atoms with Gasteiger partial charge in [-0.1, -0.05) is 37.3 Å². The molecule has 7 nitrogen and oxygen atoms in total. The minimum atomic E-state index is -0.730. The second-order valence-corrected chi connectivity index (χ2v) is 5.88. The molecule has 0 unspecified atom stereocenters. The standard InChI is InChI=1S/C17H24N4O3/c1-2-14-12-20(16(23)10-19-17(18)24)9-8-15(22)21(14)11-13-6-4-3-5-7-13/h3-7,14H,2,8-12H2,1H3,(H3,18,19,24)/t14-/m1/s1. The molecule has 0 aliphatic carbocycles. The fourth-order valence-corrected chi connectivity index (χ4v) is 2.87. The van der Waals surface area contributed by atoms with E-state index in [1.54, 1.807) is 4.90 Å². The Labute approximate surface area is 141 Å². The largest absolute Gasteiger partial charge is 0.352 e. The van der Waals surface area contributed by atoms with Crippen molar-refractivity contribution in [1.82, 2.24) is 15.1 Å². The molecule has 0 saturated carbocycles. The third-order valence-corrected chi connectivity index (χ3v) is 4.22. The van der Waals surface area contributed by atoms with Crippen LogP contribution < -0.4 is 11.1 Å². The maximum Gasteiger partial charge on any atom is 0.312 e. The molecule has 2 rings (SSSR count). The van der Waals surface area contributed by atoms with Crippen molar-refractivity contribution in [2.45, 2.75) is 32.4 Å². The quantitative estimate of drug-likeness (QED) is 0.830. The van der Waals surface area contributed by atoms with Gasteiger partial charge in [-0.15, -0.1) is 0 Å². The predicted octanol–water partition coefficient (Wildman–Crippen LogP) is 0.694. The molecule has 130 valence electrons. The average Bonchev–Trinajstić information content (AvgIpc) is 2.73. The van der Waals surface area contributed by atoms with E-state index in [1.165, 1.54) is 0 Å². The number of hydrogen-bond acceptors (Lipinski definition) is 3. The van der Waals surface area contributed by atoms with E-state index in [9.17, 15) is 14.4 Å². The van der Waals surface area contributed by atoms with Crippen LogP contribution in [0.5, 0.6) is 0 Å². The van der Waals surface area contributed by atoms with Gasteiger partial charge >= 0.3 is 6.03 Å². The Morgan fingerprint density at radius 1 is 1.29 bits per heavy atom. The molecule has 4 amide bonds. The zero-order valence-electron chi connectivity index (χ0n) is 13.9. The number of hydrogen-bond donors (Lipinski definition) is 2. The van der Waals surface area contributed by atoms with Crippen molar-refractivity contribution in [3.8, 4) is 0 Å². The molecule has 1 aliphatic heterocycles. The lowest BCUT2D eigenvalue weighted by Crippen LogP contribution is -2.46. The molecule has 1 fully saturated rings. The fraction of sp³-hybridized carbons (Fsp3) is 0.471. The smallest absolute Gasteiger partial charge is 0.312 e. The van der Waals surface area contributed by atoms with Crippen molar-refractivity contribution >= 4 is 17.8 Å². The van der Waals surface area contributed by atoms with Crippen LogP contribution in [0.4, 0.5) is 4.79 Å². The number of carbonyl (C=O) groups is 3. The van der Waals surface area contributed by atoms with Crippen LogP contribution in [-0.2, 0) is 16.1 Å². The number of urea groups is 1. The zero-order chi connectivity index (χ0) is 17.5. The maximum atomic E-state index is 12.5. The Morgan fingerprint density at radius 3 is 2.62 bits per heavy atom. The van der Waals surface area contributed by atoms with Crippen LogP contribution in [0.15, 0.2) is 30.3 Å². The minimum absolute atomic E-state index is 0.0438. The van der Waals surface area contributed by atoms with E-state index in [0.29, 0.717) is 19.6 Å². The summed E-state index contributed by atoms with van der Waals surface area (Å²) in [4.78, 5) is 39.0. The Kier molecular flexibility index (Phi) is 6.17. The van der Waals surface area contributed by atoms with Crippen LogP contribution in [0, 0.1) is 0 Å². The number of rotatable bonds is 5. The Balaban J connectivity index is 2.07. The SMILES string of the molecule is CC[C@@H]1CN(C(=O)CNC(N)=O)CCC(=O)N1Cc1ccccc1. The van der Waals surface area contributed by atoms with Crippen molar-refractivity contribution in [3.05, 3.63) is 35.9 Å². The summed E-state index contributed by atoms with van der Waals surface area (Å²) < 4.78 is 0. The Morgan fingerprint density at radius 2 is 2.00 bits per heavy atom. The number of primary amides is 1. The van der Waals surface area contributed by atoms with Crippen LogP contribution in [0.2, 0.25) is 0 Å². The van der Waals surface area contributed by atoms with Gasteiger partial charge in [0, 0.05) is 32.1 Å². The van der Waals surface area contributed by atoms with Gasteiger partial charge in [0.2, 0.25) is 11.8 Å². The molecule has 1 saturated heterocycles. The molecule has 1 aliphatic rings. The highest BCUT2D eigenvalue weighted by molar-refractivity contribution is 5.84. The summed E-state index contributed by atoms with van der Waals surface area (Å²) in [5, 5.41) is 2.31. The van der Waals surface area contributed by atoms with Gasteiger partial charge in [0.25, 0.3) is 0 Å². The Hall–Kier alpha value is -2.57. The van der Waals surface area contributed by atoms with Gasteiger partial charge in [-0.05, 0) is 12.0 Å². The molecular weight excluding hydrogens is 308 g/mol. The number of carbonyl (C=O) groups excluding carboxylic acids is 3. The van der Waals surface area contributed by atoms with Crippen LogP contribution in [0.1, 0.15) is 25.3 Å². The lowest BCUT2D eigenvalue weighted by Gasteiger charge is -2.31. The molecule has 1 aromatic carbocycles. The lowest BCUT2D eigenvalue weighted by atomic mass is 10.1. The third-order valence-electron chi connectivity index (χ3n) is 4.22. The van der Waals surface area contributed by atoms with Crippen molar-refractivity contribution in [2.24, 2.45) is 5.73 Å². The second kappa shape index (κ2) is 8.33. The maximum absolute atomic E-state index is 12.5. The normalized spacial score (nSPS) is 18.2. The van der Waals surface area contributed by atoms with E-state index in [1.807, 2.05) is 42.2 Å². The van der Waals surface area contributed by atoms with E-state index in [2.05, 4.69) is 5.32 Å². The summed E-state index contributed by atoms with van der Waals surface area (Å²) in [7, 11) is 0. The first-order valence-electron chi connectivity index (χ1n) is 8.15. The van der Waals surface area contributed by atoms with Gasteiger partial charge in [-0.25, -0.2) is 4.79 Å². The Bertz CT molecular complexity index is 591. The van der Waals surface area contributed by atoms with Crippen molar-refractivity contribution in [2.75, 3.05) is 19.6 Å². The van der Waals surface area contributed by atoms with Crippen molar-refractivity contribution in [3.63, 3.8) is 0 Å². The number of nitrogens with one attached hydrogen (secondary N) is 1. The predicted molar refractivity (Wildman–Crippen MR) is 89.9 cm³/mol. The topological polar surface area (TPSA) is 95.7 Å². The molecule has 0 bridgehead atoms.